The Balaban J connectivity index is 2.57. The van der Waals surface area contributed by atoms with Crippen LogP contribution in [0.5, 0.6) is 0 Å². The molecule has 0 unspecified atom stereocenters. The maximum Gasteiger partial charge on any atom is 0.325 e. The number of amides is 3. The molecule has 2 atom stereocenters. The number of benzene rings is 1. The molecule has 0 fully saturated rings. The summed E-state index contributed by atoms with van der Waals surface area (Å²) in [6.07, 6.45) is 0.872. The third-order valence-corrected chi connectivity index (χ3v) is 4.36. The van der Waals surface area contributed by atoms with E-state index in [2.05, 4.69) is 26.0 Å². The van der Waals surface area contributed by atoms with E-state index in [0.29, 0.717) is 12.8 Å². The van der Waals surface area contributed by atoms with E-state index in [9.17, 15) is 19.2 Å². The van der Waals surface area contributed by atoms with Crippen molar-refractivity contribution in [3.05, 3.63) is 35.9 Å². The topological polar surface area (TPSA) is 126 Å². The van der Waals surface area contributed by atoms with Gasteiger partial charge in [0.2, 0.25) is 17.7 Å². The Morgan fingerprint density at radius 1 is 0.933 bits per heavy atom. The SMILES string of the molecule is CN[C@H](Cc1ccccc1)C(=O)NCC(=O)N[C@H](CC(C)C)C(=O)NCC(=O)OC. The van der Waals surface area contributed by atoms with Gasteiger partial charge in [0, 0.05) is 0 Å². The fraction of sp³-hybridized carbons (Fsp3) is 0.524. The van der Waals surface area contributed by atoms with E-state index in [1.165, 1.54) is 7.11 Å². The summed E-state index contributed by atoms with van der Waals surface area (Å²) in [7, 11) is 2.90. The molecule has 0 aliphatic carbocycles. The molecule has 9 nitrogen and oxygen atoms in total. The van der Waals surface area contributed by atoms with Crippen molar-refractivity contribution in [1.82, 2.24) is 21.3 Å². The Morgan fingerprint density at radius 2 is 1.53 bits per heavy atom. The van der Waals surface area contributed by atoms with Crippen molar-refractivity contribution in [3.63, 3.8) is 0 Å². The highest BCUT2D eigenvalue weighted by atomic mass is 16.5. The summed E-state index contributed by atoms with van der Waals surface area (Å²) in [6.45, 7) is 3.29. The number of esters is 1. The minimum atomic E-state index is -0.816. The van der Waals surface area contributed by atoms with Crippen LogP contribution in [0.1, 0.15) is 25.8 Å². The van der Waals surface area contributed by atoms with Crippen LogP contribution in [-0.4, -0.2) is 63.0 Å². The lowest BCUT2D eigenvalue weighted by Gasteiger charge is -2.21. The number of methoxy groups -OCH3 is 1. The number of carbonyl (C=O) groups is 4. The predicted octanol–water partition coefficient (Wildman–Crippen LogP) is -0.247. The molecule has 0 saturated heterocycles. The van der Waals surface area contributed by atoms with Gasteiger partial charge < -0.3 is 26.0 Å². The van der Waals surface area contributed by atoms with E-state index < -0.39 is 29.9 Å². The maximum atomic E-state index is 12.4. The molecule has 3 amide bonds. The quantitative estimate of drug-likeness (QED) is 0.346. The van der Waals surface area contributed by atoms with E-state index in [1.807, 2.05) is 44.2 Å². The van der Waals surface area contributed by atoms with Crippen LogP contribution in [0, 0.1) is 5.92 Å². The Morgan fingerprint density at radius 3 is 2.10 bits per heavy atom. The average molecular weight is 421 g/mol. The minimum Gasteiger partial charge on any atom is -0.468 e. The summed E-state index contributed by atoms with van der Waals surface area (Å²) in [5.74, 6) is -1.73. The molecule has 1 rings (SSSR count). The van der Waals surface area contributed by atoms with Crippen molar-refractivity contribution in [3.8, 4) is 0 Å². The first-order valence-corrected chi connectivity index (χ1v) is 9.89. The molecule has 0 saturated carbocycles. The van der Waals surface area contributed by atoms with Crippen molar-refractivity contribution < 1.29 is 23.9 Å². The third kappa shape index (κ3) is 9.51. The van der Waals surface area contributed by atoms with Crippen LogP contribution in [0.25, 0.3) is 0 Å². The van der Waals surface area contributed by atoms with Gasteiger partial charge in [0.25, 0.3) is 0 Å². The van der Waals surface area contributed by atoms with Crippen molar-refractivity contribution in [2.45, 2.75) is 38.8 Å². The Labute approximate surface area is 177 Å². The third-order valence-electron chi connectivity index (χ3n) is 4.36. The number of hydrogen-bond acceptors (Lipinski definition) is 6. The van der Waals surface area contributed by atoms with E-state index >= 15 is 0 Å². The van der Waals surface area contributed by atoms with Gasteiger partial charge in [0.05, 0.1) is 19.7 Å². The fourth-order valence-electron chi connectivity index (χ4n) is 2.77. The van der Waals surface area contributed by atoms with Crippen LogP contribution in [0.2, 0.25) is 0 Å². The molecular weight excluding hydrogens is 388 g/mol. The number of hydrogen-bond donors (Lipinski definition) is 4. The molecule has 0 radical (unpaired) electrons. The molecule has 1 aromatic carbocycles. The maximum absolute atomic E-state index is 12.4. The van der Waals surface area contributed by atoms with Crippen molar-refractivity contribution in [1.29, 1.82) is 0 Å². The summed E-state index contributed by atoms with van der Waals surface area (Å²) < 4.78 is 4.49. The molecule has 4 N–H and O–H groups in total. The number of rotatable bonds is 12. The first-order chi connectivity index (χ1) is 14.3. The Bertz CT molecular complexity index is 709. The molecule has 166 valence electrons. The first kappa shape index (κ1) is 25.1. The molecule has 0 aromatic heterocycles. The van der Waals surface area contributed by atoms with Gasteiger partial charge in [0.15, 0.2) is 0 Å². The van der Waals surface area contributed by atoms with E-state index in [4.69, 9.17) is 0 Å². The van der Waals surface area contributed by atoms with Gasteiger partial charge in [-0.05, 0) is 31.4 Å². The normalized spacial score (nSPS) is 12.6. The minimum absolute atomic E-state index is 0.133. The summed E-state index contributed by atoms with van der Waals surface area (Å²) in [4.78, 5) is 48.2. The van der Waals surface area contributed by atoms with Crippen molar-refractivity contribution in [2.24, 2.45) is 5.92 Å². The zero-order valence-corrected chi connectivity index (χ0v) is 18.0. The van der Waals surface area contributed by atoms with Crippen molar-refractivity contribution >= 4 is 23.7 Å². The summed E-state index contributed by atoms with van der Waals surface area (Å²) in [6, 6.07) is 8.23. The standard InChI is InChI=1S/C21H32N4O5/c1-14(2)10-17(21(29)24-13-19(27)30-4)25-18(26)12-23-20(28)16(22-3)11-15-8-6-5-7-9-15/h5-9,14,16-17,22H,10-13H2,1-4H3,(H,23,28)(H,24,29)(H,25,26)/t16-,17-/m1/s1. The fourth-order valence-corrected chi connectivity index (χ4v) is 2.77. The zero-order chi connectivity index (χ0) is 22.5. The second kappa shape index (κ2) is 13.3. The zero-order valence-electron chi connectivity index (χ0n) is 18.0. The van der Waals surface area contributed by atoms with E-state index in [0.717, 1.165) is 5.56 Å². The molecule has 0 heterocycles. The average Bonchev–Trinajstić information content (AvgIpc) is 2.73. The van der Waals surface area contributed by atoms with Gasteiger partial charge in [-0.2, -0.15) is 0 Å². The molecule has 0 aliphatic rings. The molecule has 30 heavy (non-hydrogen) atoms. The van der Waals surface area contributed by atoms with Gasteiger partial charge in [-0.1, -0.05) is 44.2 Å². The smallest absolute Gasteiger partial charge is 0.325 e. The number of likely N-dealkylation sites (N-methyl/N-ethyl adjacent to an activating group) is 1. The van der Waals surface area contributed by atoms with Crippen LogP contribution < -0.4 is 21.3 Å². The number of nitrogens with one attached hydrogen (secondary N) is 4. The summed E-state index contributed by atoms with van der Waals surface area (Å²) in [5.41, 5.74) is 0.996. The van der Waals surface area contributed by atoms with Crippen molar-refractivity contribution in [2.75, 3.05) is 27.2 Å². The van der Waals surface area contributed by atoms with Gasteiger partial charge in [-0.15, -0.1) is 0 Å². The Kier molecular flexibility index (Phi) is 11.1. The summed E-state index contributed by atoms with van der Waals surface area (Å²) >= 11 is 0. The molecule has 1 aromatic rings. The first-order valence-electron chi connectivity index (χ1n) is 9.89. The molecule has 0 bridgehead atoms. The lowest BCUT2D eigenvalue weighted by Crippen LogP contribution is -2.52. The lowest BCUT2D eigenvalue weighted by molar-refractivity contribution is -0.141. The highest BCUT2D eigenvalue weighted by Gasteiger charge is 2.23. The van der Waals surface area contributed by atoms with Crippen LogP contribution in [0.4, 0.5) is 0 Å². The van der Waals surface area contributed by atoms with E-state index in [1.54, 1.807) is 7.05 Å². The molecule has 9 heteroatoms. The number of ether oxygens (including phenoxy) is 1. The van der Waals surface area contributed by atoms with Crippen LogP contribution >= 0.6 is 0 Å². The van der Waals surface area contributed by atoms with Crippen LogP contribution in [0.15, 0.2) is 30.3 Å². The monoisotopic (exact) mass is 420 g/mol. The Hall–Kier alpha value is -2.94. The van der Waals surface area contributed by atoms with Gasteiger partial charge in [-0.25, -0.2) is 0 Å². The number of carbonyl (C=O) groups excluding carboxylic acids is 4. The summed E-state index contributed by atoms with van der Waals surface area (Å²) in [5, 5.41) is 10.6. The van der Waals surface area contributed by atoms with Gasteiger partial charge in [-0.3, -0.25) is 19.2 Å². The molecule has 0 spiro atoms. The predicted molar refractivity (Wildman–Crippen MR) is 112 cm³/mol. The van der Waals surface area contributed by atoms with Crippen LogP contribution in [-0.2, 0) is 30.3 Å². The molecule has 0 aliphatic heterocycles. The lowest BCUT2D eigenvalue weighted by atomic mass is 10.0. The highest BCUT2D eigenvalue weighted by molar-refractivity contribution is 5.92. The van der Waals surface area contributed by atoms with Crippen LogP contribution in [0.3, 0.4) is 0 Å². The van der Waals surface area contributed by atoms with E-state index in [-0.39, 0.29) is 24.9 Å². The largest absolute Gasteiger partial charge is 0.468 e. The van der Waals surface area contributed by atoms with Gasteiger partial charge >= 0.3 is 5.97 Å². The molecular formula is C21H32N4O5. The second-order valence-corrected chi connectivity index (χ2v) is 7.29. The van der Waals surface area contributed by atoms with Gasteiger partial charge in [0.1, 0.15) is 12.6 Å². The highest BCUT2D eigenvalue weighted by Crippen LogP contribution is 2.05. The second-order valence-electron chi connectivity index (χ2n) is 7.29.